The van der Waals surface area contributed by atoms with Gasteiger partial charge in [0, 0.05) is 0 Å². The van der Waals surface area contributed by atoms with Gasteiger partial charge in [-0.15, -0.1) is 0 Å². The standard InChI is InChI=1S/C23H26NO4P/c1-16-10-8-14-21(18(16)3)27-29(25,24-20-12-6-7-13-23(20)26-5)28-22-15-9-11-17(2)19(22)4/h6-15H,1-5H3,(H,24,25). The number of rotatable bonds is 7. The maximum atomic E-state index is 13.9. The van der Waals surface area contributed by atoms with Crippen LogP contribution in [0.3, 0.4) is 0 Å². The molecule has 6 heteroatoms. The Hall–Kier alpha value is -2.91. The molecule has 152 valence electrons. The normalized spacial score (nSPS) is 11.1. The fourth-order valence-corrected chi connectivity index (χ4v) is 4.38. The summed E-state index contributed by atoms with van der Waals surface area (Å²) in [5.41, 5.74) is 4.41. The molecule has 0 aromatic heterocycles. The molecule has 1 N–H and O–H groups in total. The third-order valence-corrected chi connectivity index (χ3v) is 6.30. The van der Waals surface area contributed by atoms with Crippen LogP contribution >= 0.6 is 7.75 Å². The Morgan fingerprint density at radius 1 is 0.690 bits per heavy atom. The third kappa shape index (κ3) is 4.75. The second-order valence-corrected chi connectivity index (χ2v) is 8.47. The van der Waals surface area contributed by atoms with E-state index in [2.05, 4.69) is 5.09 Å². The van der Waals surface area contributed by atoms with Crippen LogP contribution in [-0.4, -0.2) is 7.11 Å². The maximum Gasteiger partial charge on any atom is 0.541 e. The zero-order valence-electron chi connectivity index (χ0n) is 17.4. The Labute approximate surface area is 172 Å². The van der Waals surface area contributed by atoms with Crippen LogP contribution in [0.2, 0.25) is 0 Å². The number of hydrogen-bond donors (Lipinski definition) is 1. The highest BCUT2D eigenvalue weighted by Crippen LogP contribution is 2.51. The molecule has 0 aliphatic heterocycles. The number of methoxy groups -OCH3 is 1. The molecule has 0 unspecified atom stereocenters. The summed E-state index contributed by atoms with van der Waals surface area (Å²) in [7, 11) is -2.29. The van der Waals surface area contributed by atoms with E-state index in [4.69, 9.17) is 13.8 Å². The van der Waals surface area contributed by atoms with E-state index >= 15 is 0 Å². The van der Waals surface area contributed by atoms with Gasteiger partial charge in [-0.1, -0.05) is 36.4 Å². The van der Waals surface area contributed by atoms with E-state index in [0.717, 1.165) is 22.3 Å². The van der Waals surface area contributed by atoms with Gasteiger partial charge in [0.25, 0.3) is 0 Å². The molecule has 0 atom stereocenters. The Morgan fingerprint density at radius 3 is 1.69 bits per heavy atom. The molecule has 29 heavy (non-hydrogen) atoms. The van der Waals surface area contributed by atoms with Crippen molar-refractivity contribution in [2.75, 3.05) is 12.2 Å². The molecule has 0 amide bonds. The van der Waals surface area contributed by atoms with Crippen molar-refractivity contribution >= 4 is 13.4 Å². The lowest BCUT2D eigenvalue weighted by Crippen LogP contribution is -2.12. The molecule has 0 radical (unpaired) electrons. The summed E-state index contributed by atoms with van der Waals surface area (Å²) in [6.45, 7) is 7.81. The predicted octanol–water partition coefficient (Wildman–Crippen LogP) is 6.61. The Balaban J connectivity index is 2.03. The molecule has 3 rings (SSSR count). The molecule has 0 aliphatic carbocycles. The average molecular weight is 411 g/mol. The molecule has 0 saturated carbocycles. The van der Waals surface area contributed by atoms with Gasteiger partial charge in [-0.05, 0) is 74.2 Å². The zero-order valence-corrected chi connectivity index (χ0v) is 18.2. The van der Waals surface area contributed by atoms with Crippen LogP contribution in [0.5, 0.6) is 17.2 Å². The number of ether oxygens (including phenoxy) is 1. The van der Waals surface area contributed by atoms with Crippen molar-refractivity contribution in [3.63, 3.8) is 0 Å². The first-order chi connectivity index (χ1) is 13.8. The topological polar surface area (TPSA) is 56.8 Å². The fourth-order valence-electron chi connectivity index (χ4n) is 2.85. The van der Waals surface area contributed by atoms with E-state index in [-0.39, 0.29) is 0 Å². The SMILES string of the molecule is COc1ccccc1NP(=O)(Oc1cccc(C)c1C)Oc1cccc(C)c1C. The highest BCUT2D eigenvalue weighted by atomic mass is 31.2. The van der Waals surface area contributed by atoms with Gasteiger partial charge < -0.3 is 13.8 Å². The molecule has 5 nitrogen and oxygen atoms in total. The van der Waals surface area contributed by atoms with Crippen LogP contribution in [0, 0.1) is 27.7 Å². The minimum atomic E-state index is -3.85. The Bertz CT molecular complexity index is 1010. The highest BCUT2D eigenvalue weighted by Gasteiger charge is 2.31. The van der Waals surface area contributed by atoms with Gasteiger partial charge in [-0.3, -0.25) is 5.09 Å². The summed E-state index contributed by atoms with van der Waals surface area (Å²) in [6.07, 6.45) is 0. The molecule has 0 spiro atoms. The van der Waals surface area contributed by atoms with Crippen molar-refractivity contribution in [3.05, 3.63) is 82.9 Å². The van der Waals surface area contributed by atoms with Crippen LogP contribution < -0.4 is 18.9 Å². The molecule has 0 heterocycles. The van der Waals surface area contributed by atoms with E-state index in [0.29, 0.717) is 22.9 Å². The van der Waals surface area contributed by atoms with E-state index < -0.39 is 7.75 Å². The van der Waals surface area contributed by atoms with Crippen molar-refractivity contribution < 1.29 is 18.3 Å². The Kier molecular flexibility index (Phi) is 6.19. The summed E-state index contributed by atoms with van der Waals surface area (Å²) < 4.78 is 31.3. The van der Waals surface area contributed by atoms with E-state index in [9.17, 15) is 4.57 Å². The monoisotopic (exact) mass is 411 g/mol. The second-order valence-electron chi connectivity index (χ2n) is 6.89. The predicted molar refractivity (Wildman–Crippen MR) is 117 cm³/mol. The molecule has 0 fully saturated rings. The van der Waals surface area contributed by atoms with Gasteiger partial charge in [0.1, 0.15) is 17.2 Å². The first-order valence-electron chi connectivity index (χ1n) is 9.36. The number of hydrogen-bond acceptors (Lipinski definition) is 4. The van der Waals surface area contributed by atoms with Crippen molar-refractivity contribution in [2.45, 2.75) is 27.7 Å². The summed E-state index contributed by atoms with van der Waals surface area (Å²) >= 11 is 0. The minimum absolute atomic E-state index is 0.501. The Morgan fingerprint density at radius 2 is 1.17 bits per heavy atom. The maximum absolute atomic E-state index is 13.9. The quantitative estimate of drug-likeness (QED) is 0.444. The molecular weight excluding hydrogens is 385 g/mol. The van der Waals surface area contributed by atoms with Gasteiger partial charge >= 0.3 is 7.75 Å². The van der Waals surface area contributed by atoms with Crippen molar-refractivity contribution in [1.29, 1.82) is 0 Å². The van der Waals surface area contributed by atoms with E-state index in [1.165, 1.54) is 0 Å². The van der Waals surface area contributed by atoms with E-state index in [1.54, 1.807) is 31.4 Å². The number of aryl methyl sites for hydroxylation is 2. The molecule has 3 aromatic carbocycles. The lowest BCUT2D eigenvalue weighted by atomic mass is 10.1. The van der Waals surface area contributed by atoms with Gasteiger partial charge in [0.2, 0.25) is 0 Å². The van der Waals surface area contributed by atoms with Crippen molar-refractivity contribution in [3.8, 4) is 17.2 Å². The molecule has 0 aliphatic rings. The van der Waals surface area contributed by atoms with Gasteiger partial charge in [0.05, 0.1) is 12.8 Å². The molecule has 3 aromatic rings. The summed E-state index contributed by atoms with van der Waals surface area (Å²) in [5, 5.41) is 2.95. The fraction of sp³-hybridized carbons (Fsp3) is 0.217. The summed E-state index contributed by atoms with van der Waals surface area (Å²) in [4.78, 5) is 0. The number of nitrogens with one attached hydrogen (secondary N) is 1. The van der Waals surface area contributed by atoms with Crippen LogP contribution in [-0.2, 0) is 4.57 Å². The smallest absolute Gasteiger partial charge is 0.495 e. The first-order valence-corrected chi connectivity index (χ1v) is 10.9. The van der Waals surface area contributed by atoms with Crippen molar-refractivity contribution in [2.24, 2.45) is 0 Å². The lowest BCUT2D eigenvalue weighted by Gasteiger charge is -2.24. The molecular formula is C23H26NO4P. The number of benzene rings is 3. The van der Waals surface area contributed by atoms with Gasteiger partial charge in [-0.25, -0.2) is 4.57 Å². The summed E-state index contributed by atoms with van der Waals surface area (Å²) in [5.74, 6) is 1.55. The number of para-hydroxylation sites is 2. The molecule has 0 saturated heterocycles. The van der Waals surface area contributed by atoms with Gasteiger partial charge in [0.15, 0.2) is 0 Å². The van der Waals surface area contributed by atoms with E-state index in [1.807, 2.05) is 64.1 Å². The zero-order chi connectivity index (χ0) is 21.0. The largest absolute Gasteiger partial charge is 0.541 e. The molecule has 0 bridgehead atoms. The van der Waals surface area contributed by atoms with Crippen LogP contribution in [0.1, 0.15) is 22.3 Å². The summed E-state index contributed by atoms with van der Waals surface area (Å²) in [6, 6.07) is 18.5. The third-order valence-electron chi connectivity index (χ3n) is 4.91. The number of anilines is 1. The van der Waals surface area contributed by atoms with Crippen LogP contribution in [0.15, 0.2) is 60.7 Å². The van der Waals surface area contributed by atoms with Gasteiger partial charge in [-0.2, -0.15) is 0 Å². The van der Waals surface area contributed by atoms with Crippen LogP contribution in [0.4, 0.5) is 5.69 Å². The first kappa shape index (κ1) is 20.8. The average Bonchev–Trinajstić information content (AvgIpc) is 2.69. The minimum Gasteiger partial charge on any atom is -0.495 e. The lowest BCUT2D eigenvalue weighted by molar-refractivity contribution is 0.388. The van der Waals surface area contributed by atoms with Crippen LogP contribution in [0.25, 0.3) is 0 Å². The second kappa shape index (κ2) is 8.62. The highest BCUT2D eigenvalue weighted by molar-refractivity contribution is 7.56. The van der Waals surface area contributed by atoms with Crippen molar-refractivity contribution in [1.82, 2.24) is 0 Å².